The lowest BCUT2D eigenvalue weighted by Gasteiger charge is -2.04. The average Bonchev–Trinajstić information content (AvgIpc) is 2.58. The van der Waals surface area contributed by atoms with Crippen LogP contribution in [0.5, 0.6) is 0 Å². The highest BCUT2D eigenvalue weighted by Crippen LogP contribution is 2.52. The first-order chi connectivity index (χ1) is 7.20. The van der Waals surface area contributed by atoms with Crippen LogP contribution in [0.3, 0.4) is 0 Å². The molecular formula is C10H11ClN2O2. The van der Waals surface area contributed by atoms with Crippen LogP contribution >= 0.6 is 11.6 Å². The number of hydrogen-bond donors (Lipinski definition) is 0. The topological polar surface area (TPSA) is 44.1 Å². The van der Waals surface area contributed by atoms with Gasteiger partial charge in [-0.15, -0.1) is 0 Å². The Kier molecular flexibility index (Phi) is 1.91. The first-order valence-corrected chi connectivity index (χ1v) is 5.37. The maximum Gasteiger partial charge on any atom is 0.186 e. The highest BCUT2D eigenvalue weighted by Gasteiger charge is 2.58. The summed E-state index contributed by atoms with van der Waals surface area (Å²) in [5.74, 6) is 1.08. The van der Waals surface area contributed by atoms with E-state index < -0.39 is 0 Å². The molecule has 2 atom stereocenters. The van der Waals surface area contributed by atoms with Crippen LogP contribution < -0.4 is 0 Å². The van der Waals surface area contributed by atoms with Gasteiger partial charge in [0.05, 0.1) is 24.4 Å². The van der Waals surface area contributed by atoms with Crippen molar-refractivity contribution >= 4 is 17.4 Å². The van der Waals surface area contributed by atoms with Crippen LogP contribution in [0.15, 0.2) is 6.20 Å². The van der Waals surface area contributed by atoms with E-state index in [1.807, 2.05) is 0 Å². The van der Waals surface area contributed by atoms with Crippen molar-refractivity contribution in [2.75, 3.05) is 13.2 Å². The molecule has 0 spiro atoms. The number of nitrogens with zero attached hydrogens (tertiary/aromatic N) is 2. The number of carbonyl (C=O) groups excluding carboxylic acids is 1. The number of carbonyl (C=O) groups is 1. The summed E-state index contributed by atoms with van der Waals surface area (Å²) in [5.41, 5.74) is 0.538. The Morgan fingerprint density at radius 3 is 2.80 bits per heavy atom. The first-order valence-electron chi connectivity index (χ1n) is 4.99. The monoisotopic (exact) mass is 226 g/mol. The molecule has 15 heavy (non-hydrogen) atoms. The summed E-state index contributed by atoms with van der Waals surface area (Å²) in [6.07, 6.45) is 1.52. The molecule has 4 nitrogen and oxygen atoms in total. The van der Waals surface area contributed by atoms with E-state index >= 15 is 0 Å². The van der Waals surface area contributed by atoms with Crippen molar-refractivity contribution in [3.63, 3.8) is 0 Å². The number of ether oxygens (including phenoxy) is 1. The van der Waals surface area contributed by atoms with Crippen LogP contribution in [-0.4, -0.2) is 28.8 Å². The standard InChI is InChI=1S/C10H11ClN2O2/c1-13-9(7(11)2-12-13)10(14)8-5-3-15-4-6(5)8/h2,5-6,8H,3-4H2,1H3. The molecule has 0 radical (unpaired) electrons. The smallest absolute Gasteiger partial charge is 0.186 e. The maximum atomic E-state index is 12.1. The first kappa shape index (κ1) is 9.36. The summed E-state index contributed by atoms with van der Waals surface area (Å²) >= 11 is 5.93. The second-order valence-electron chi connectivity index (χ2n) is 4.22. The molecule has 2 fully saturated rings. The van der Waals surface area contributed by atoms with Gasteiger partial charge in [-0.25, -0.2) is 0 Å². The Balaban J connectivity index is 1.87. The van der Waals surface area contributed by atoms with Gasteiger partial charge in [0.15, 0.2) is 5.78 Å². The van der Waals surface area contributed by atoms with E-state index in [1.165, 1.54) is 6.20 Å². The SMILES string of the molecule is Cn1ncc(Cl)c1C(=O)C1C2COCC21. The van der Waals surface area contributed by atoms with Gasteiger partial charge in [0.1, 0.15) is 5.69 Å². The molecular weight excluding hydrogens is 216 g/mol. The third-order valence-electron chi connectivity index (χ3n) is 3.38. The zero-order chi connectivity index (χ0) is 10.6. The van der Waals surface area contributed by atoms with Crippen molar-refractivity contribution in [2.45, 2.75) is 0 Å². The fourth-order valence-electron chi connectivity index (χ4n) is 2.47. The van der Waals surface area contributed by atoms with E-state index in [4.69, 9.17) is 16.3 Å². The minimum atomic E-state index is 0.117. The van der Waals surface area contributed by atoms with E-state index in [9.17, 15) is 4.79 Å². The summed E-state index contributed by atoms with van der Waals surface area (Å²) in [4.78, 5) is 12.1. The van der Waals surface area contributed by atoms with Gasteiger partial charge >= 0.3 is 0 Å². The Hall–Kier alpha value is -0.870. The Morgan fingerprint density at radius 1 is 1.60 bits per heavy atom. The van der Waals surface area contributed by atoms with Crippen molar-refractivity contribution in [1.82, 2.24) is 9.78 Å². The Labute approximate surface area is 92.2 Å². The van der Waals surface area contributed by atoms with Gasteiger partial charge in [-0.2, -0.15) is 5.10 Å². The number of fused-ring (bicyclic) bond motifs is 1. The maximum absolute atomic E-state index is 12.1. The summed E-state index contributed by atoms with van der Waals surface area (Å²) in [6, 6.07) is 0. The van der Waals surface area contributed by atoms with Crippen molar-refractivity contribution < 1.29 is 9.53 Å². The number of aromatic nitrogens is 2. The lowest BCUT2D eigenvalue weighted by molar-refractivity contribution is 0.0884. The molecule has 80 valence electrons. The van der Waals surface area contributed by atoms with Gasteiger partial charge in [0.2, 0.25) is 0 Å². The second-order valence-corrected chi connectivity index (χ2v) is 4.63. The molecule has 1 aliphatic heterocycles. The zero-order valence-corrected chi connectivity index (χ0v) is 9.07. The van der Waals surface area contributed by atoms with E-state index in [2.05, 4.69) is 5.10 Å². The van der Waals surface area contributed by atoms with Crippen molar-refractivity contribution in [3.8, 4) is 0 Å². The molecule has 0 aromatic carbocycles. The Morgan fingerprint density at radius 2 is 2.27 bits per heavy atom. The zero-order valence-electron chi connectivity index (χ0n) is 8.31. The van der Waals surface area contributed by atoms with Gasteiger partial charge in [0, 0.05) is 13.0 Å². The minimum absolute atomic E-state index is 0.117. The molecule has 0 amide bonds. The molecule has 2 aliphatic rings. The van der Waals surface area contributed by atoms with Crippen molar-refractivity contribution in [3.05, 3.63) is 16.9 Å². The number of ketones is 1. The van der Waals surface area contributed by atoms with Crippen molar-refractivity contribution in [1.29, 1.82) is 0 Å². The molecule has 2 unspecified atom stereocenters. The van der Waals surface area contributed by atoms with E-state index in [-0.39, 0.29) is 11.7 Å². The van der Waals surface area contributed by atoms with Crippen LogP contribution in [-0.2, 0) is 11.8 Å². The summed E-state index contributed by atoms with van der Waals surface area (Å²) in [7, 11) is 1.74. The van der Waals surface area contributed by atoms with Gasteiger partial charge in [-0.3, -0.25) is 9.48 Å². The lowest BCUT2D eigenvalue weighted by atomic mass is 10.1. The van der Waals surface area contributed by atoms with E-state index in [1.54, 1.807) is 11.7 Å². The minimum Gasteiger partial charge on any atom is -0.381 e. The fourth-order valence-corrected chi connectivity index (χ4v) is 2.73. The molecule has 1 aliphatic carbocycles. The average molecular weight is 227 g/mol. The van der Waals surface area contributed by atoms with Gasteiger partial charge in [-0.1, -0.05) is 11.6 Å². The molecule has 1 saturated carbocycles. The largest absolute Gasteiger partial charge is 0.381 e. The van der Waals surface area contributed by atoms with Crippen LogP contribution in [0, 0.1) is 17.8 Å². The van der Waals surface area contributed by atoms with E-state index in [0.717, 1.165) is 13.2 Å². The van der Waals surface area contributed by atoms with Crippen molar-refractivity contribution in [2.24, 2.45) is 24.8 Å². The van der Waals surface area contributed by atoms with Crippen LogP contribution in [0.2, 0.25) is 5.02 Å². The van der Waals surface area contributed by atoms with Crippen LogP contribution in [0.25, 0.3) is 0 Å². The highest BCUT2D eigenvalue weighted by atomic mass is 35.5. The van der Waals surface area contributed by atoms with Gasteiger partial charge < -0.3 is 4.74 Å². The quantitative estimate of drug-likeness (QED) is 0.711. The molecule has 0 N–H and O–H groups in total. The number of rotatable bonds is 2. The number of aryl methyl sites for hydroxylation is 1. The van der Waals surface area contributed by atoms with E-state index in [0.29, 0.717) is 22.6 Å². The predicted molar refractivity (Wildman–Crippen MR) is 53.8 cm³/mol. The second kappa shape index (κ2) is 3.06. The number of hydrogen-bond acceptors (Lipinski definition) is 3. The summed E-state index contributed by atoms with van der Waals surface area (Å²) in [5, 5.41) is 4.43. The lowest BCUT2D eigenvalue weighted by Crippen LogP contribution is -2.14. The molecule has 1 saturated heterocycles. The molecule has 2 heterocycles. The third kappa shape index (κ3) is 1.25. The molecule has 1 aromatic rings. The molecule has 0 bridgehead atoms. The molecule has 3 rings (SSSR count). The van der Waals surface area contributed by atoms with Gasteiger partial charge in [-0.05, 0) is 11.8 Å². The summed E-state index contributed by atoms with van der Waals surface area (Å²) < 4.78 is 6.81. The molecule has 1 aromatic heterocycles. The predicted octanol–water partition coefficient (Wildman–Crippen LogP) is 1.15. The van der Waals surface area contributed by atoms with Gasteiger partial charge in [0.25, 0.3) is 0 Å². The fraction of sp³-hybridized carbons (Fsp3) is 0.600. The highest BCUT2D eigenvalue weighted by molar-refractivity contribution is 6.33. The number of halogens is 1. The normalized spacial score (nSPS) is 32.8. The Bertz CT molecular complexity index is 400. The molecule has 5 heteroatoms. The number of Topliss-reactive ketones (excluding diaryl/α,β-unsaturated/α-hetero) is 1. The summed E-state index contributed by atoms with van der Waals surface area (Å²) in [6.45, 7) is 1.44. The third-order valence-corrected chi connectivity index (χ3v) is 3.66. The van der Waals surface area contributed by atoms with Crippen LogP contribution in [0.4, 0.5) is 0 Å². The van der Waals surface area contributed by atoms with Crippen LogP contribution in [0.1, 0.15) is 10.5 Å².